The molecule has 0 radical (unpaired) electrons. The number of benzene rings is 2. The molecule has 2 aromatic carbocycles. The summed E-state index contributed by atoms with van der Waals surface area (Å²) in [5.41, 5.74) is 2.85. The zero-order valence-electron chi connectivity index (χ0n) is 14.1. The third kappa shape index (κ3) is 3.40. The van der Waals surface area contributed by atoms with Crippen LogP contribution in [0.3, 0.4) is 0 Å². The summed E-state index contributed by atoms with van der Waals surface area (Å²) in [4.78, 5) is 0. The number of hydrogen-bond acceptors (Lipinski definition) is 5. The third-order valence-electron chi connectivity index (χ3n) is 3.48. The van der Waals surface area contributed by atoms with Crippen LogP contribution in [0.25, 0.3) is 22.9 Å². The van der Waals surface area contributed by atoms with Gasteiger partial charge in [-0.1, -0.05) is 17.7 Å². The molecule has 5 heteroatoms. The average molecular weight is 324 g/mol. The lowest BCUT2D eigenvalue weighted by atomic mass is 10.1. The van der Waals surface area contributed by atoms with E-state index in [1.54, 1.807) is 0 Å². The van der Waals surface area contributed by atoms with Gasteiger partial charge in [0, 0.05) is 11.1 Å². The molecule has 0 aliphatic rings. The van der Waals surface area contributed by atoms with Gasteiger partial charge in [-0.25, -0.2) is 0 Å². The lowest BCUT2D eigenvalue weighted by molar-refractivity contribution is 0.288. The van der Waals surface area contributed by atoms with Crippen molar-refractivity contribution in [3.63, 3.8) is 0 Å². The van der Waals surface area contributed by atoms with Gasteiger partial charge in [0.05, 0.1) is 13.2 Å². The number of rotatable bonds is 6. The SMILES string of the molecule is CCOc1ccc(-c2nnc(-c3cccc(C)c3)o2)cc1OCC. The Morgan fingerprint density at radius 2 is 1.50 bits per heavy atom. The van der Waals surface area contributed by atoms with Crippen LogP contribution >= 0.6 is 0 Å². The van der Waals surface area contributed by atoms with Crippen LogP contribution in [0.4, 0.5) is 0 Å². The highest BCUT2D eigenvalue weighted by atomic mass is 16.5. The van der Waals surface area contributed by atoms with Crippen molar-refractivity contribution in [2.75, 3.05) is 13.2 Å². The largest absolute Gasteiger partial charge is 0.490 e. The standard InChI is InChI=1S/C19H20N2O3/c1-4-22-16-10-9-15(12-17(16)23-5-2)19-21-20-18(24-19)14-8-6-7-13(3)11-14/h6-12H,4-5H2,1-3H3. The summed E-state index contributed by atoms with van der Waals surface area (Å²) in [6.07, 6.45) is 0. The van der Waals surface area contributed by atoms with E-state index in [1.165, 1.54) is 0 Å². The molecule has 0 amide bonds. The quantitative estimate of drug-likeness (QED) is 0.667. The molecule has 3 rings (SSSR count). The lowest BCUT2D eigenvalue weighted by Crippen LogP contribution is -1.98. The van der Waals surface area contributed by atoms with Crippen LogP contribution in [-0.4, -0.2) is 23.4 Å². The maximum absolute atomic E-state index is 5.83. The predicted molar refractivity (Wildman–Crippen MR) is 92.2 cm³/mol. The molecule has 124 valence electrons. The Hall–Kier alpha value is -2.82. The van der Waals surface area contributed by atoms with E-state index < -0.39 is 0 Å². The molecule has 24 heavy (non-hydrogen) atoms. The zero-order valence-corrected chi connectivity index (χ0v) is 14.1. The summed E-state index contributed by atoms with van der Waals surface area (Å²) in [6.45, 7) is 7.04. The molecular weight excluding hydrogens is 304 g/mol. The van der Waals surface area contributed by atoms with Crippen molar-refractivity contribution >= 4 is 0 Å². The summed E-state index contributed by atoms with van der Waals surface area (Å²) in [6, 6.07) is 13.6. The summed E-state index contributed by atoms with van der Waals surface area (Å²) < 4.78 is 17.0. The van der Waals surface area contributed by atoms with E-state index in [1.807, 2.05) is 63.2 Å². The Morgan fingerprint density at radius 3 is 2.17 bits per heavy atom. The van der Waals surface area contributed by atoms with Gasteiger partial charge in [0.1, 0.15) is 0 Å². The lowest BCUT2D eigenvalue weighted by Gasteiger charge is -2.11. The highest BCUT2D eigenvalue weighted by molar-refractivity contribution is 5.62. The zero-order chi connectivity index (χ0) is 16.9. The van der Waals surface area contributed by atoms with E-state index in [2.05, 4.69) is 10.2 Å². The van der Waals surface area contributed by atoms with E-state index in [4.69, 9.17) is 13.9 Å². The van der Waals surface area contributed by atoms with Gasteiger partial charge in [0.25, 0.3) is 0 Å². The molecule has 0 saturated heterocycles. The van der Waals surface area contributed by atoms with Crippen molar-refractivity contribution in [2.24, 2.45) is 0 Å². The van der Waals surface area contributed by atoms with Gasteiger partial charge in [0.15, 0.2) is 11.5 Å². The average Bonchev–Trinajstić information content (AvgIpc) is 3.07. The molecule has 0 aliphatic carbocycles. The first-order chi connectivity index (χ1) is 11.7. The topological polar surface area (TPSA) is 57.4 Å². The summed E-state index contributed by atoms with van der Waals surface area (Å²) in [7, 11) is 0. The number of aromatic nitrogens is 2. The number of ether oxygens (including phenoxy) is 2. The van der Waals surface area contributed by atoms with Crippen LogP contribution in [0, 0.1) is 6.92 Å². The molecule has 0 aliphatic heterocycles. The van der Waals surface area contributed by atoms with Crippen molar-refractivity contribution in [3.05, 3.63) is 48.0 Å². The van der Waals surface area contributed by atoms with E-state index in [0.717, 1.165) is 16.7 Å². The summed E-state index contributed by atoms with van der Waals surface area (Å²) in [5, 5.41) is 8.31. The van der Waals surface area contributed by atoms with Crippen LogP contribution in [0.15, 0.2) is 46.9 Å². The van der Waals surface area contributed by atoms with Gasteiger partial charge in [0.2, 0.25) is 11.8 Å². The molecule has 0 N–H and O–H groups in total. The second-order valence-corrected chi connectivity index (χ2v) is 5.31. The smallest absolute Gasteiger partial charge is 0.248 e. The van der Waals surface area contributed by atoms with Crippen LogP contribution in [0.1, 0.15) is 19.4 Å². The normalized spacial score (nSPS) is 10.6. The Bertz CT molecular complexity index is 827. The van der Waals surface area contributed by atoms with E-state index >= 15 is 0 Å². The van der Waals surface area contributed by atoms with Crippen molar-refractivity contribution in [3.8, 4) is 34.4 Å². The van der Waals surface area contributed by atoms with Crippen LogP contribution in [0.5, 0.6) is 11.5 Å². The summed E-state index contributed by atoms with van der Waals surface area (Å²) >= 11 is 0. The van der Waals surface area contributed by atoms with E-state index in [0.29, 0.717) is 36.5 Å². The Labute approximate surface area is 141 Å². The molecule has 0 bridgehead atoms. The maximum atomic E-state index is 5.83. The fourth-order valence-corrected chi connectivity index (χ4v) is 2.42. The van der Waals surface area contributed by atoms with E-state index in [9.17, 15) is 0 Å². The Kier molecular flexibility index (Phi) is 4.79. The second kappa shape index (κ2) is 7.17. The highest BCUT2D eigenvalue weighted by Gasteiger charge is 2.13. The van der Waals surface area contributed by atoms with Gasteiger partial charge in [-0.15, -0.1) is 10.2 Å². The minimum Gasteiger partial charge on any atom is -0.490 e. The Balaban J connectivity index is 1.93. The first-order valence-corrected chi connectivity index (χ1v) is 8.01. The molecular formula is C19H20N2O3. The third-order valence-corrected chi connectivity index (χ3v) is 3.48. The predicted octanol–water partition coefficient (Wildman–Crippen LogP) is 4.51. The molecule has 0 saturated carbocycles. The van der Waals surface area contributed by atoms with Gasteiger partial charge < -0.3 is 13.9 Å². The minimum atomic E-state index is 0.454. The number of nitrogens with zero attached hydrogens (tertiary/aromatic N) is 2. The number of aryl methyl sites for hydroxylation is 1. The van der Waals surface area contributed by atoms with Gasteiger partial charge >= 0.3 is 0 Å². The maximum Gasteiger partial charge on any atom is 0.248 e. The molecule has 0 fully saturated rings. The fraction of sp³-hybridized carbons (Fsp3) is 0.263. The Morgan fingerprint density at radius 1 is 0.833 bits per heavy atom. The first kappa shape index (κ1) is 16.1. The minimum absolute atomic E-state index is 0.454. The van der Waals surface area contributed by atoms with Gasteiger partial charge in [-0.3, -0.25) is 0 Å². The van der Waals surface area contributed by atoms with Gasteiger partial charge in [-0.2, -0.15) is 0 Å². The molecule has 3 aromatic rings. The molecule has 0 unspecified atom stereocenters. The van der Waals surface area contributed by atoms with Crippen molar-refractivity contribution < 1.29 is 13.9 Å². The molecule has 5 nitrogen and oxygen atoms in total. The highest BCUT2D eigenvalue weighted by Crippen LogP contribution is 2.33. The first-order valence-electron chi connectivity index (χ1n) is 8.01. The van der Waals surface area contributed by atoms with Crippen LogP contribution in [-0.2, 0) is 0 Å². The fourth-order valence-electron chi connectivity index (χ4n) is 2.42. The van der Waals surface area contributed by atoms with E-state index in [-0.39, 0.29) is 0 Å². The van der Waals surface area contributed by atoms with Crippen molar-refractivity contribution in [1.29, 1.82) is 0 Å². The molecule has 1 aromatic heterocycles. The van der Waals surface area contributed by atoms with Crippen molar-refractivity contribution in [2.45, 2.75) is 20.8 Å². The molecule has 1 heterocycles. The monoisotopic (exact) mass is 324 g/mol. The van der Waals surface area contributed by atoms with Crippen LogP contribution < -0.4 is 9.47 Å². The summed E-state index contributed by atoms with van der Waals surface area (Å²) in [5.74, 6) is 2.34. The second-order valence-electron chi connectivity index (χ2n) is 5.31. The van der Waals surface area contributed by atoms with Crippen LogP contribution in [0.2, 0.25) is 0 Å². The number of hydrogen-bond donors (Lipinski definition) is 0. The van der Waals surface area contributed by atoms with Crippen molar-refractivity contribution in [1.82, 2.24) is 10.2 Å². The van der Waals surface area contributed by atoms with Gasteiger partial charge in [-0.05, 0) is 51.1 Å². The molecule has 0 spiro atoms. The molecule has 0 atom stereocenters.